The number of benzene rings is 1. The Kier molecular flexibility index (Phi) is 6.68. The zero-order chi connectivity index (χ0) is 15.8. The molecule has 1 aliphatic heterocycles. The maximum Gasteiger partial charge on any atom is 0.220 e. The van der Waals surface area contributed by atoms with Gasteiger partial charge in [-0.1, -0.05) is 12.1 Å². The predicted molar refractivity (Wildman–Crippen MR) is 86.2 cm³/mol. The van der Waals surface area contributed by atoms with Crippen molar-refractivity contribution in [2.45, 2.75) is 25.4 Å². The van der Waals surface area contributed by atoms with Crippen LogP contribution in [0.15, 0.2) is 24.3 Å². The van der Waals surface area contributed by atoms with Crippen LogP contribution < -0.4 is 10.1 Å². The molecule has 0 saturated carbocycles. The summed E-state index contributed by atoms with van der Waals surface area (Å²) in [5.74, 6) is 0.936. The summed E-state index contributed by atoms with van der Waals surface area (Å²) in [7, 11) is 3.75. The Balaban J connectivity index is 1.61. The number of carbonyl (C=O) groups excluding carboxylic acids is 1. The Morgan fingerprint density at radius 2 is 2.18 bits per heavy atom. The Hall–Kier alpha value is -1.59. The van der Waals surface area contributed by atoms with Crippen molar-refractivity contribution in [3.05, 3.63) is 29.8 Å². The second kappa shape index (κ2) is 8.76. The number of hydrogen-bond acceptors (Lipinski definition) is 4. The van der Waals surface area contributed by atoms with Gasteiger partial charge in [0.1, 0.15) is 5.75 Å². The van der Waals surface area contributed by atoms with Crippen LogP contribution in [0.1, 0.15) is 18.4 Å². The molecule has 1 saturated heterocycles. The second-order valence-electron chi connectivity index (χ2n) is 5.74. The molecule has 0 spiro atoms. The number of morpholine rings is 1. The Morgan fingerprint density at radius 1 is 1.41 bits per heavy atom. The molecule has 1 amide bonds. The zero-order valence-electron chi connectivity index (χ0n) is 13.5. The summed E-state index contributed by atoms with van der Waals surface area (Å²) in [5, 5.41) is 2.98. The van der Waals surface area contributed by atoms with Crippen LogP contribution in [0.25, 0.3) is 0 Å². The lowest BCUT2D eigenvalue weighted by Gasteiger charge is -2.30. The number of nitrogens with zero attached hydrogens (tertiary/aromatic N) is 1. The number of amides is 1. The van der Waals surface area contributed by atoms with Gasteiger partial charge in [0.15, 0.2) is 0 Å². The Bertz CT molecular complexity index is 461. The fourth-order valence-corrected chi connectivity index (χ4v) is 2.55. The van der Waals surface area contributed by atoms with Gasteiger partial charge in [0.25, 0.3) is 0 Å². The highest BCUT2D eigenvalue weighted by atomic mass is 16.5. The van der Waals surface area contributed by atoms with E-state index in [9.17, 15) is 4.79 Å². The number of rotatable bonds is 7. The molecule has 5 heteroatoms. The van der Waals surface area contributed by atoms with E-state index < -0.39 is 0 Å². The normalized spacial score (nSPS) is 18.9. The van der Waals surface area contributed by atoms with E-state index in [2.05, 4.69) is 17.3 Å². The van der Waals surface area contributed by atoms with Crippen molar-refractivity contribution in [2.24, 2.45) is 0 Å². The van der Waals surface area contributed by atoms with E-state index in [1.807, 2.05) is 24.3 Å². The van der Waals surface area contributed by atoms with Crippen LogP contribution in [0.2, 0.25) is 0 Å². The van der Waals surface area contributed by atoms with E-state index in [1.165, 1.54) is 0 Å². The molecule has 1 aliphatic rings. The van der Waals surface area contributed by atoms with Crippen molar-refractivity contribution < 1.29 is 14.3 Å². The molecule has 2 rings (SSSR count). The van der Waals surface area contributed by atoms with Crippen molar-refractivity contribution in [3.8, 4) is 5.75 Å². The van der Waals surface area contributed by atoms with Gasteiger partial charge < -0.3 is 19.7 Å². The monoisotopic (exact) mass is 306 g/mol. The fraction of sp³-hybridized carbons (Fsp3) is 0.588. The van der Waals surface area contributed by atoms with E-state index in [-0.39, 0.29) is 12.0 Å². The molecule has 1 unspecified atom stereocenters. The maximum absolute atomic E-state index is 11.9. The third-order valence-electron chi connectivity index (χ3n) is 3.93. The first-order valence-electron chi connectivity index (χ1n) is 7.87. The first-order chi connectivity index (χ1) is 10.7. The molecule has 0 aromatic heterocycles. The van der Waals surface area contributed by atoms with E-state index in [0.717, 1.165) is 43.9 Å². The van der Waals surface area contributed by atoms with Gasteiger partial charge in [-0.05, 0) is 37.6 Å². The highest BCUT2D eigenvalue weighted by molar-refractivity contribution is 5.76. The van der Waals surface area contributed by atoms with Gasteiger partial charge in [-0.25, -0.2) is 0 Å². The maximum atomic E-state index is 11.9. The fourth-order valence-electron chi connectivity index (χ4n) is 2.55. The van der Waals surface area contributed by atoms with Gasteiger partial charge in [-0.15, -0.1) is 0 Å². The summed E-state index contributed by atoms with van der Waals surface area (Å²) in [6.07, 6.45) is 2.37. The first-order valence-corrected chi connectivity index (χ1v) is 7.87. The lowest BCUT2D eigenvalue weighted by Crippen LogP contribution is -2.41. The molecule has 1 heterocycles. The number of methoxy groups -OCH3 is 1. The topological polar surface area (TPSA) is 50.8 Å². The molecule has 1 N–H and O–H groups in total. The smallest absolute Gasteiger partial charge is 0.220 e. The Morgan fingerprint density at radius 3 is 2.86 bits per heavy atom. The van der Waals surface area contributed by atoms with E-state index in [1.54, 1.807) is 7.11 Å². The van der Waals surface area contributed by atoms with Crippen molar-refractivity contribution in [1.29, 1.82) is 0 Å². The summed E-state index contributed by atoms with van der Waals surface area (Å²) in [5.41, 5.74) is 1.15. The summed E-state index contributed by atoms with van der Waals surface area (Å²) in [6, 6.07) is 7.84. The van der Waals surface area contributed by atoms with Crippen molar-refractivity contribution in [1.82, 2.24) is 10.2 Å². The molecule has 0 aliphatic carbocycles. The molecule has 122 valence electrons. The highest BCUT2D eigenvalue weighted by Crippen LogP contribution is 2.12. The standard InChI is InChI=1S/C17H26N2O3/c1-19-11-12-22-16(13-19)9-10-18-17(20)8-5-14-3-6-15(21-2)7-4-14/h3-4,6-7,16H,5,8-13H2,1-2H3,(H,18,20). The first kappa shape index (κ1) is 16.8. The molecule has 0 bridgehead atoms. The minimum Gasteiger partial charge on any atom is -0.497 e. The minimum atomic E-state index is 0.0972. The van der Waals surface area contributed by atoms with Crippen LogP contribution in [-0.4, -0.2) is 57.3 Å². The number of likely N-dealkylation sites (N-methyl/N-ethyl adjacent to an activating group) is 1. The Labute approximate surface area is 132 Å². The third-order valence-corrected chi connectivity index (χ3v) is 3.93. The van der Waals surface area contributed by atoms with E-state index in [4.69, 9.17) is 9.47 Å². The summed E-state index contributed by atoms with van der Waals surface area (Å²) in [6.45, 7) is 3.40. The lowest BCUT2D eigenvalue weighted by atomic mass is 10.1. The lowest BCUT2D eigenvalue weighted by molar-refractivity contribution is -0.121. The summed E-state index contributed by atoms with van der Waals surface area (Å²) in [4.78, 5) is 14.1. The summed E-state index contributed by atoms with van der Waals surface area (Å²) < 4.78 is 10.8. The largest absolute Gasteiger partial charge is 0.497 e. The quantitative estimate of drug-likeness (QED) is 0.829. The summed E-state index contributed by atoms with van der Waals surface area (Å²) >= 11 is 0. The van der Waals surface area contributed by atoms with Crippen LogP contribution in [0.3, 0.4) is 0 Å². The number of hydrogen-bond donors (Lipinski definition) is 1. The molecule has 1 fully saturated rings. The number of carbonyl (C=O) groups is 1. The number of aryl methyl sites for hydroxylation is 1. The molecule has 22 heavy (non-hydrogen) atoms. The molecular formula is C17H26N2O3. The molecule has 1 aromatic carbocycles. The van der Waals surface area contributed by atoms with Gasteiger partial charge >= 0.3 is 0 Å². The predicted octanol–water partition coefficient (Wildman–Crippen LogP) is 1.46. The second-order valence-corrected chi connectivity index (χ2v) is 5.74. The van der Waals surface area contributed by atoms with Crippen LogP contribution in [0.5, 0.6) is 5.75 Å². The van der Waals surface area contributed by atoms with E-state index in [0.29, 0.717) is 13.0 Å². The molecule has 1 aromatic rings. The van der Waals surface area contributed by atoms with Gasteiger partial charge in [-0.3, -0.25) is 4.79 Å². The van der Waals surface area contributed by atoms with Crippen molar-refractivity contribution in [2.75, 3.05) is 40.4 Å². The third kappa shape index (κ3) is 5.66. The van der Waals surface area contributed by atoms with Gasteiger partial charge in [0, 0.05) is 26.1 Å². The molecular weight excluding hydrogens is 280 g/mol. The SMILES string of the molecule is COc1ccc(CCC(=O)NCCC2CN(C)CCO2)cc1. The van der Waals surface area contributed by atoms with Crippen LogP contribution in [-0.2, 0) is 16.0 Å². The van der Waals surface area contributed by atoms with Crippen molar-refractivity contribution in [3.63, 3.8) is 0 Å². The molecule has 1 atom stereocenters. The number of ether oxygens (including phenoxy) is 2. The average Bonchev–Trinajstić information content (AvgIpc) is 2.53. The average molecular weight is 306 g/mol. The van der Waals surface area contributed by atoms with Crippen molar-refractivity contribution >= 4 is 5.91 Å². The molecule has 5 nitrogen and oxygen atoms in total. The number of nitrogens with one attached hydrogen (secondary N) is 1. The van der Waals surface area contributed by atoms with Crippen LogP contribution >= 0.6 is 0 Å². The van der Waals surface area contributed by atoms with Crippen LogP contribution in [0, 0.1) is 0 Å². The van der Waals surface area contributed by atoms with E-state index >= 15 is 0 Å². The van der Waals surface area contributed by atoms with Gasteiger partial charge in [-0.2, -0.15) is 0 Å². The van der Waals surface area contributed by atoms with Gasteiger partial charge in [0.2, 0.25) is 5.91 Å². The van der Waals surface area contributed by atoms with Crippen LogP contribution in [0.4, 0.5) is 0 Å². The minimum absolute atomic E-state index is 0.0972. The van der Waals surface area contributed by atoms with Gasteiger partial charge in [0.05, 0.1) is 19.8 Å². The molecule has 0 radical (unpaired) electrons. The highest BCUT2D eigenvalue weighted by Gasteiger charge is 2.17. The zero-order valence-corrected chi connectivity index (χ0v) is 13.5.